The lowest BCUT2D eigenvalue weighted by atomic mass is 10.1. The molecular formula is C20H33IN4O2. The van der Waals surface area contributed by atoms with Gasteiger partial charge in [0.2, 0.25) is 0 Å². The van der Waals surface area contributed by atoms with E-state index in [9.17, 15) is 5.11 Å². The summed E-state index contributed by atoms with van der Waals surface area (Å²) in [6, 6.07) is 8.20. The van der Waals surface area contributed by atoms with Gasteiger partial charge in [0.15, 0.2) is 5.96 Å². The number of aliphatic imine (C=N–C) groups is 1. The number of nitrogens with one attached hydrogen (secondary N) is 1. The molecule has 2 aliphatic heterocycles. The van der Waals surface area contributed by atoms with Crippen molar-refractivity contribution in [2.75, 3.05) is 46.4 Å². The number of nitrogens with zero attached hydrogens (tertiary/aromatic N) is 3. The van der Waals surface area contributed by atoms with Gasteiger partial charge in [-0.1, -0.05) is 12.1 Å². The van der Waals surface area contributed by atoms with E-state index in [4.69, 9.17) is 9.73 Å². The zero-order chi connectivity index (χ0) is 18.4. The van der Waals surface area contributed by atoms with E-state index < -0.39 is 6.10 Å². The largest absolute Gasteiger partial charge is 0.497 e. The molecule has 0 radical (unpaired) electrons. The molecule has 1 aromatic rings. The Morgan fingerprint density at radius 1 is 1.33 bits per heavy atom. The monoisotopic (exact) mass is 488 g/mol. The lowest BCUT2D eigenvalue weighted by molar-refractivity contribution is 0.186. The Balaban J connectivity index is 0.00000261. The quantitative estimate of drug-likeness (QED) is 0.366. The highest BCUT2D eigenvalue weighted by Crippen LogP contribution is 2.22. The lowest BCUT2D eigenvalue weighted by Crippen LogP contribution is -2.43. The number of likely N-dealkylation sites (tertiary alicyclic amines) is 2. The summed E-state index contributed by atoms with van der Waals surface area (Å²) in [5.41, 5.74) is 0.834. The van der Waals surface area contributed by atoms with Crippen molar-refractivity contribution in [1.82, 2.24) is 15.1 Å². The predicted molar refractivity (Wildman–Crippen MR) is 120 cm³/mol. The van der Waals surface area contributed by atoms with Crippen LogP contribution in [0.25, 0.3) is 0 Å². The maximum atomic E-state index is 10.5. The molecule has 0 aliphatic carbocycles. The number of methoxy groups -OCH3 is 1. The number of halogens is 1. The zero-order valence-corrected chi connectivity index (χ0v) is 18.8. The molecule has 1 aromatic carbocycles. The Bertz CT molecular complexity index is 607. The van der Waals surface area contributed by atoms with E-state index in [1.54, 1.807) is 7.11 Å². The second-order valence-electron chi connectivity index (χ2n) is 7.12. The molecule has 6 nitrogen and oxygen atoms in total. The van der Waals surface area contributed by atoms with Gasteiger partial charge in [-0.15, -0.1) is 24.0 Å². The summed E-state index contributed by atoms with van der Waals surface area (Å²) in [6.45, 7) is 7.80. The van der Waals surface area contributed by atoms with Crippen LogP contribution in [0.1, 0.15) is 37.9 Å². The minimum absolute atomic E-state index is 0. The molecule has 7 heteroatoms. The Hall–Kier alpha value is -1.06. The van der Waals surface area contributed by atoms with E-state index in [0.717, 1.165) is 36.9 Å². The first kappa shape index (κ1) is 22.2. The van der Waals surface area contributed by atoms with Gasteiger partial charge in [-0.25, -0.2) is 0 Å². The number of benzene rings is 1. The van der Waals surface area contributed by atoms with Gasteiger partial charge in [0.1, 0.15) is 5.75 Å². The summed E-state index contributed by atoms with van der Waals surface area (Å²) >= 11 is 0. The van der Waals surface area contributed by atoms with Crippen LogP contribution in [0.4, 0.5) is 0 Å². The predicted octanol–water partition coefficient (Wildman–Crippen LogP) is 2.48. The maximum Gasteiger partial charge on any atom is 0.194 e. The van der Waals surface area contributed by atoms with E-state index in [2.05, 4.69) is 22.0 Å². The number of aliphatic hydroxyl groups is 1. The molecule has 152 valence electrons. The molecular weight excluding hydrogens is 455 g/mol. The van der Waals surface area contributed by atoms with E-state index in [1.165, 1.54) is 32.4 Å². The van der Waals surface area contributed by atoms with Gasteiger partial charge in [-0.05, 0) is 57.0 Å². The smallest absolute Gasteiger partial charge is 0.194 e. The van der Waals surface area contributed by atoms with Crippen LogP contribution in [-0.4, -0.2) is 73.3 Å². The van der Waals surface area contributed by atoms with Crippen molar-refractivity contribution in [3.05, 3.63) is 29.8 Å². The number of hydrogen-bond acceptors (Lipinski definition) is 4. The number of rotatable bonds is 6. The first-order chi connectivity index (χ1) is 12.7. The second-order valence-corrected chi connectivity index (χ2v) is 7.12. The van der Waals surface area contributed by atoms with Crippen LogP contribution in [0, 0.1) is 0 Å². The van der Waals surface area contributed by atoms with Crippen molar-refractivity contribution in [2.24, 2.45) is 4.99 Å². The molecule has 2 aliphatic rings. The number of hydrogen-bond donors (Lipinski definition) is 2. The lowest BCUT2D eigenvalue weighted by Gasteiger charge is -2.25. The molecule has 2 heterocycles. The summed E-state index contributed by atoms with van der Waals surface area (Å²) in [4.78, 5) is 9.67. The summed E-state index contributed by atoms with van der Waals surface area (Å²) < 4.78 is 5.24. The van der Waals surface area contributed by atoms with Crippen molar-refractivity contribution in [3.63, 3.8) is 0 Å². The first-order valence-corrected chi connectivity index (χ1v) is 9.80. The van der Waals surface area contributed by atoms with Crippen LogP contribution < -0.4 is 10.1 Å². The van der Waals surface area contributed by atoms with Crippen molar-refractivity contribution >= 4 is 29.9 Å². The second kappa shape index (κ2) is 11.1. The fraction of sp³-hybridized carbons (Fsp3) is 0.650. The third-order valence-corrected chi connectivity index (χ3v) is 5.35. The van der Waals surface area contributed by atoms with Gasteiger partial charge in [0.05, 0.1) is 19.8 Å². The summed E-state index contributed by atoms with van der Waals surface area (Å²) in [5, 5.41) is 13.9. The summed E-state index contributed by atoms with van der Waals surface area (Å²) in [6.07, 6.45) is 3.23. The number of guanidine groups is 1. The molecule has 2 fully saturated rings. The van der Waals surface area contributed by atoms with E-state index in [0.29, 0.717) is 12.6 Å². The minimum Gasteiger partial charge on any atom is -0.497 e. The Morgan fingerprint density at radius 2 is 2.11 bits per heavy atom. The normalized spacial score (nSPS) is 21.8. The Labute approximate surface area is 180 Å². The maximum absolute atomic E-state index is 10.5. The van der Waals surface area contributed by atoms with Crippen LogP contribution >= 0.6 is 24.0 Å². The highest BCUT2D eigenvalue weighted by molar-refractivity contribution is 14.0. The highest BCUT2D eigenvalue weighted by atomic mass is 127. The fourth-order valence-corrected chi connectivity index (χ4v) is 3.89. The van der Waals surface area contributed by atoms with Crippen molar-refractivity contribution in [1.29, 1.82) is 0 Å². The van der Waals surface area contributed by atoms with Gasteiger partial charge in [0.25, 0.3) is 0 Å². The molecule has 2 N–H and O–H groups in total. The van der Waals surface area contributed by atoms with E-state index in [-0.39, 0.29) is 24.0 Å². The molecule has 0 amide bonds. The van der Waals surface area contributed by atoms with Crippen LogP contribution in [0.15, 0.2) is 29.3 Å². The van der Waals surface area contributed by atoms with Crippen LogP contribution in [-0.2, 0) is 0 Å². The summed E-state index contributed by atoms with van der Waals surface area (Å²) in [7, 11) is 1.64. The molecule has 2 saturated heterocycles. The van der Waals surface area contributed by atoms with Crippen LogP contribution in [0.2, 0.25) is 0 Å². The summed E-state index contributed by atoms with van der Waals surface area (Å²) in [5.74, 6) is 1.67. The standard InChI is InChI=1S/C20H32N4O2.HI/c1-3-21-20(24-12-9-17(15-24)23-10-4-5-11-23)22-14-19(25)16-7-6-8-18(13-16)26-2;/h6-8,13,17,19,25H,3-5,9-12,14-15H2,1-2H3,(H,21,22);1H. The van der Waals surface area contributed by atoms with E-state index >= 15 is 0 Å². The van der Waals surface area contributed by atoms with Crippen molar-refractivity contribution < 1.29 is 9.84 Å². The van der Waals surface area contributed by atoms with Crippen LogP contribution in [0.5, 0.6) is 5.75 Å². The fourth-order valence-electron chi connectivity index (χ4n) is 3.89. The molecule has 0 saturated carbocycles. The third kappa shape index (κ3) is 5.96. The average Bonchev–Trinajstić information content (AvgIpc) is 3.36. The number of aliphatic hydroxyl groups excluding tert-OH is 1. The third-order valence-electron chi connectivity index (χ3n) is 5.35. The molecule has 0 bridgehead atoms. The topological polar surface area (TPSA) is 60.3 Å². The molecule has 2 unspecified atom stereocenters. The number of ether oxygens (including phenoxy) is 1. The zero-order valence-electron chi connectivity index (χ0n) is 16.4. The first-order valence-electron chi connectivity index (χ1n) is 9.80. The van der Waals surface area contributed by atoms with Crippen LogP contribution in [0.3, 0.4) is 0 Å². The van der Waals surface area contributed by atoms with Crippen molar-refractivity contribution in [3.8, 4) is 5.75 Å². The molecule has 27 heavy (non-hydrogen) atoms. The SMILES string of the molecule is CCNC(=NCC(O)c1cccc(OC)c1)N1CCC(N2CCCC2)C1.I. The van der Waals surface area contributed by atoms with E-state index in [1.807, 2.05) is 24.3 Å². The van der Waals surface area contributed by atoms with Gasteiger partial charge in [-0.2, -0.15) is 0 Å². The highest BCUT2D eigenvalue weighted by Gasteiger charge is 2.30. The van der Waals surface area contributed by atoms with Crippen molar-refractivity contribution in [2.45, 2.75) is 38.3 Å². The Morgan fingerprint density at radius 3 is 2.81 bits per heavy atom. The minimum atomic E-state index is -0.629. The Kier molecular flexibility index (Phi) is 9.11. The van der Waals surface area contributed by atoms with Gasteiger partial charge in [-0.3, -0.25) is 9.89 Å². The molecule has 0 aromatic heterocycles. The molecule has 3 rings (SSSR count). The average molecular weight is 488 g/mol. The van der Waals surface area contributed by atoms with Gasteiger partial charge >= 0.3 is 0 Å². The van der Waals surface area contributed by atoms with Gasteiger partial charge in [0, 0.05) is 25.7 Å². The van der Waals surface area contributed by atoms with Gasteiger partial charge < -0.3 is 20.1 Å². The molecule has 0 spiro atoms. The molecule has 2 atom stereocenters.